The van der Waals surface area contributed by atoms with Crippen molar-refractivity contribution in [1.82, 2.24) is 15.2 Å². The number of piperidine rings is 1. The van der Waals surface area contributed by atoms with Gasteiger partial charge in [-0.1, -0.05) is 30.3 Å². The van der Waals surface area contributed by atoms with Crippen LogP contribution >= 0.6 is 0 Å². The van der Waals surface area contributed by atoms with Crippen LogP contribution in [0.4, 0.5) is 4.39 Å². The number of benzene rings is 2. The Balaban J connectivity index is 1.56. The number of nitrogens with zero attached hydrogens (tertiary/aromatic N) is 2. The number of halogens is 1. The maximum Gasteiger partial charge on any atom is 0.274 e. The van der Waals surface area contributed by atoms with E-state index in [2.05, 4.69) is 10.3 Å². The maximum atomic E-state index is 13.1. The summed E-state index contributed by atoms with van der Waals surface area (Å²) in [7, 11) is 0. The van der Waals surface area contributed by atoms with E-state index >= 15 is 0 Å². The fraction of sp³-hybridized carbons (Fsp3) is 0.261. The molecule has 0 bridgehead atoms. The second-order valence-electron chi connectivity index (χ2n) is 7.24. The number of hydrogen-bond donors (Lipinski definition) is 1. The van der Waals surface area contributed by atoms with E-state index in [4.69, 9.17) is 4.42 Å². The van der Waals surface area contributed by atoms with Crippen molar-refractivity contribution in [2.45, 2.75) is 25.8 Å². The van der Waals surface area contributed by atoms with Crippen LogP contribution in [0.3, 0.4) is 0 Å². The van der Waals surface area contributed by atoms with Crippen molar-refractivity contribution in [3.8, 4) is 11.3 Å². The van der Waals surface area contributed by atoms with Gasteiger partial charge in [-0.15, -0.1) is 0 Å². The number of hydrogen-bond acceptors (Lipinski definition) is 4. The summed E-state index contributed by atoms with van der Waals surface area (Å²) in [4.78, 5) is 31.7. The van der Waals surface area contributed by atoms with E-state index < -0.39 is 5.91 Å². The Kier molecular flexibility index (Phi) is 5.88. The van der Waals surface area contributed by atoms with Crippen LogP contribution in [-0.2, 0) is 6.54 Å². The highest BCUT2D eigenvalue weighted by atomic mass is 19.1. The predicted molar refractivity (Wildman–Crippen MR) is 109 cm³/mol. The normalized spacial score (nSPS) is 13.8. The first-order valence-corrected chi connectivity index (χ1v) is 9.98. The van der Waals surface area contributed by atoms with E-state index in [9.17, 15) is 14.0 Å². The van der Waals surface area contributed by atoms with Crippen LogP contribution in [0.5, 0.6) is 0 Å². The van der Waals surface area contributed by atoms with E-state index in [0.29, 0.717) is 11.1 Å². The van der Waals surface area contributed by atoms with Gasteiger partial charge in [0.1, 0.15) is 5.82 Å². The Labute approximate surface area is 173 Å². The first-order chi connectivity index (χ1) is 14.6. The van der Waals surface area contributed by atoms with Gasteiger partial charge in [-0.05, 0) is 43.0 Å². The molecule has 1 N–H and O–H groups in total. The van der Waals surface area contributed by atoms with Crippen molar-refractivity contribution in [3.63, 3.8) is 0 Å². The highest BCUT2D eigenvalue weighted by Gasteiger charge is 2.25. The molecule has 1 aromatic heterocycles. The van der Waals surface area contributed by atoms with Gasteiger partial charge in [0.25, 0.3) is 11.8 Å². The summed E-state index contributed by atoms with van der Waals surface area (Å²) < 4.78 is 18.6. The second-order valence-corrected chi connectivity index (χ2v) is 7.24. The zero-order chi connectivity index (χ0) is 20.9. The summed E-state index contributed by atoms with van der Waals surface area (Å²) in [5, 5.41) is 2.76. The molecule has 1 aliphatic rings. The number of oxazole rings is 1. The Hall–Kier alpha value is -3.48. The summed E-state index contributed by atoms with van der Waals surface area (Å²) in [6, 6.07) is 13.0. The number of carbonyl (C=O) groups is 2. The zero-order valence-corrected chi connectivity index (χ0v) is 16.4. The molecule has 0 radical (unpaired) electrons. The van der Waals surface area contributed by atoms with Gasteiger partial charge in [-0.2, -0.15) is 0 Å². The molecule has 7 heteroatoms. The number of rotatable bonds is 5. The topological polar surface area (TPSA) is 75.4 Å². The van der Waals surface area contributed by atoms with Crippen molar-refractivity contribution >= 4 is 11.8 Å². The van der Waals surface area contributed by atoms with Gasteiger partial charge in [-0.25, -0.2) is 9.37 Å². The van der Waals surface area contributed by atoms with Crippen molar-refractivity contribution in [2.24, 2.45) is 0 Å². The lowest BCUT2D eigenvalue weighted by Crippen LogP contribution is -2.35. The monoisotopic (exact) mass is 407 g/mol. The van der Waals surface area contributed by atoms with Gasteiger partial charge in [0.05, 0.1) is 5.56 Å². The molecule has 0 aliphatic carbocycles. The maximum absolute atomic E-state index is 13.1. The molecule has 2 heterocycles. The van der Waals surface area contributed by atoms with Crippen LogP contribution in [0, 0.1) is 5.82 Å². The summed E-state index contributed by atoms with van der Waals surface area (Å²) in [5.74, 6) is -0.575. The van der Waals surface area contributed by atoms with Crippen molar-refractivity contribution in [1.29, 1.82) is 0 Å². The summed E-state index contributed by atoms with van der Waals surface area (Å²) in [5.41, 5.74) is 1.90. The molecule has 4 rings (SSSR count). The summed E-state index contributed by atoms with van der Waals surface area (Å²) in [6.45, 7) is 1.68. The molecule has 3 aromatic rings. The molecule has 1 fully saturated rings. The lowest BCUT2D eigenvalue weighted by Gasteiger charge is -2.27. The van der Waals surface area contributed by atoms with Gasteiger partial charge in [0, 0.05) is 25.2 Å². The second kappa shape index (κ2) is 8.90. The third-order valence-electron chi connectivity index (χ3n) is 5.19. The number of amides is 2. The number of aromatic nitrogens is 1. The minimum atomic E-state index is -0.428. The van der Waals surface area contributed by atoms with E-state index in [1.165, 1.54) is 18.5 Å². The molecule has 30 heavy (non-hydrogen) atoms. The highest BCUT2D eigenvalue weighted by Crippen LogP contribution is 2.28. The number of nitrogens with one attached hydrogen (secondary N) is 1. The van der Waals surface area contributed by atoms with Crippen LogP contribution in [0.1, 0.15) is 45.7 Å². The molecule has 154 valence electrons. The molecule has 1 saturated heterocycles. The van der Waals surface area contributed by atoms with Crippen LogP contribution < -0.4 is 5.32 Å². The van der Waals surface area contributed by atoms with Crippen molar-refractivity contribution < 1.29 is 18.4 Å². The molecule has 0 atom stereocenters. The number of likely N-dealkylation sites (tertiary alicyclic amines) is 1. The average Bonchev–Trinajstić information content (AvgIpc) is 3.28. The van der Waals surface area contributed by atoms with Gasteiger partial charge >= 0.3 is 0 Å². The molecule has 1 aliphatic heterocycles. The van der Waals surface area contributed by atoms with Gasteiger partial charge in [0.2, 0.25) is 0 Å². The third kappa shape index (κ3) is 4.25. The number of carbonyl (C=O) groups excluding carboxylic acids is 2. The molecular weight excluding hydrogens is 385 g/mol. The fourth-order valence-electron chi connectivity index (χ4n) is 3.60. The molecule has 6 nitrogen and oxygen atoms in total. The SMILES string of the molecule is O=C(NCc1ccc(F)cc1)c1ncoc1-c1ccccc1C(=O)N1CCCCC1. The lowest BCUT2D eigenvalue weighted by molar-refractivity contribution is 0.0724. The largest absolute Gasteiger partial charge is 0.443 e. The Morgan fingerprint density at radius 2 is 1.77 bits per heavy atom. The standard InChI is InChI=1S/C23H22FN3O3/c24-17-10-8-16(9-11-17)14-25-22(28)20-21(30-15-26-20)18-6-2-3-7-19(18)23(29)27-12-4-1-5-13-27/h2-3,6-11,15H,1,4-5,12-14H2,(H,25,28). The van der Waals surface area contributed by atoms with Gasteiger partial charge in [0.15, 0.2) is 17.8 Å². The van der Waals surface area contributed by atoms with Crippen molar-refractivity contribution in [3.05, 3.63) is 77.6 Å². The first-order valence-electron chi connectivity index (χ1n) is 9.98. The Bertz CT molecular complexity index is 1040. The van der Waals surface area contributed by atoms with E-state index in [1.807, 2.05) is 4.90 Å². The third-order valence-corrected chi connectivity index (χ3v) is 5.19. The quantitative estimate of drug-likeness (QED) is 0.693. The van der Waals surface area contributed by atoms with Gasteiger partial charge < -0.3 is 14.6 Å². The Morgan fingerprint density at radius 3 is 2.53 bits per heavy atom. The fourth-order valence-corrected chi connectivity index (χ4v) is 3.60. The van der Waals surface area contributed by atoms with E-state index in [0.717, 1.165) is 37.9 Å². The summed E-state index contributed by atoms with van der Waals surface area (Å²) >= 11 is 0. The van der Waals surface area contributed by atoms with E-state index in [-0.39, 0.29) is 29.7 Å². The minimum absolute atomic E-state index is 0.0700. The van der Waals surface area contributed by atoms with Crippen LogP contribution in [-0.4, -0.2) is 34.8 Å². The predicted octanol–water partition coefficient (Wildman–Crippen LogP) is 4.04. The Morgan fingerprint density at radius 1 is 1.03 bits per heavy atom. The zero-order valence-electron chi connectivity index (χ0n) is 16.4. The minimum Gasteiger partial charge on any atom is -0.443 e. The molecule has 0 saturated carbocycles. The van der Waals surface area contributed by atoms with Crippen LogP contribution in [0.25, 0.3) is 11.3 Å². The van der Waals surface area contributed by atoms with Gasteiger partial charge in [-0.3, -0.25) is 9.59 Å². The first kappa shape index (κ1) is 19.8. The van der Waals surface area contributed by atoms with E-state index in [1.54, 1.807) is 36.4 Å². The molecule has 2 aromatic carbocycles. The summed E-state index contributed by atoms with van der Waals surface area (Å²) in [6.07, 6.45) is 4.32. The molecule has 2 amide bonds. The molecule has 0 spiro atoms. The smallest absolute Gasteiger partial charge is 0.274 e. The lowest BCUT2D eigenvalue weighted by atomic mass is 10.0. The van der Waals surface area contributed by atoms with Crippen molar-refractivity contribution in [2.75, 3.05) is 13.1 Å². The van der Waals surface area contributed by atoms with Crippen LogP contribution in [0.15, 0.2) is 59.3 Å². The average molecular weight is 407 g/mol. The highest BCUT2D eigenvalue weighted by molar-refractivity contribution is 6.04. The molecule has 0 unspecified atom stereocenters. The van der Waals surface area contributed by atoms with Crippen LogP contribution in [0.2, 0.25) is 0 Å². The molecular formula is C23H22FN3O3.